The summed E-state index contributed by atoms with van der Waals surface area (Å²) in [4.78, 5) is 12.1. The number of carbonyl (C=O) groups excluding carboxylic acids is 1. The van der Waals surface area contributed by atoms with Crippen molar-refractivity contribution in [2.75, 3.05) is 13.7 Å². The summed E-state index contributed by atoms with van der Waals surface area (Å²) in [5.74, 6) is 0.790. The van der Waals surface area contributed by atoms with Crippen LogP contribution in [0.3, 0.4) is 0 Å². The minimum Gasteiger partial charge on any atom is -0.497 e. The van der Waals surface area contributed by atoms with Crippen molar-refractivity contribution >= 4 is 6.03 Å². The largest absolute Gasteiger partial charge is 0.497 e. The maximum atomic E-state index is 12.1. The Kier molecular flexibility index (Phi) is 7.29. The molecule has 0 bridgehead atoms. The molecule has 0 radical (unpaired) electrons. The summed E-state index contributed by atoms with van der Waals surface area (Å²) < 4.78 is 5.15. The van der Waals surface area contributed by atoms with Gasteiger partial charge in [-0.15, -0.1) is 0 Å². The summed E-state index contributed by atoms with van der Waals surface area (Å²) in [6, 6.07) is 16.8. The molecule has 25 heavy (non-hydrogen) atoms. The molecule has 2 aromatic rings. The summed E-state index contributed by atoms with van der Waals surface area (Å²) in [6.45, 7) is 2.43. The predicted molar refractivity (Wildman–Crippen MR) is 98.6 cm³/mol. The lowest BCUT2D eigenvalue weighted by Crippen LogP contribution is -2.38. The van der Waals surface area contributed by atoms with E-state index in [1.54, 1.807) is 7.11 Å². The average Bonchev–Trinajstić information content (AvgIpc) is 2.66. The molecule has 2 atom stereocenters. The first-order valence-corrected chi connectivity index (χ1v) is 8.55. The van der Waals surface area contributed by atoms with Gasteiger partial charge in [0.2, 0.25) is 0 Å². The number of methoxy groups -OCH3 is 1. The number of carbonyl (C=O) groups is 1. The monoisotopic (exact) mass is 342 g/mol. The molecule has 2 amide bonds. The molecule has 0 aromatic heterocycles. The lowest BCUT2D eigenvalue weighted by atomic mass is 10.0. The van der Waals surface area contributed by atoms with Gasteiger partial charge in [0.1, 0.15) is 5.75 Å². The molecule has 2 unspecified atom stereocenters. The van der Waals surface area contributed by atoms with Crippen LogP contribution in [-0.2, 0) is 0 Å². The second-order valence-electron chi connectivity index (χ2n) is 5.85. The van der Waals surface area contributed by atoms with Crippen molar-refractivity contribution in [2.45, 2.75) is 31.9 Å². The molecule has 134 valence electrons. The Morgan fingerprint density at radius 3 is 2.36 bits per heavy atom. The van der Waals surface area contributed by atoms with Crippen LogP contribution < -0.4 is 15.4 Å². The third-order valence-corrected chi connectivity index (χ3v) is 4.12. The number of rotatable bonds is 8. The fraction of sp³-hybridized carbons (Fsp3) is 0.350. The van der Waals surface area contributed by atoms with Gasteiger partial charge in [-0.1, -0.05) is 49.4 Å². The molecule has 0 spiro atoms. The van der Waals surface area contributed by atoms with Gasteiger partial charge in [-0.3, -0.25) is 0 Å². The van der Waals surface area contributed by atoms with E-state index in [1.807, 2.05) is 61.5 Å². The van der Waals surface area contributed by atoms with E-state index in [2.05, 4.69) is 10.6 Å². The van der Waals surface area contributed by atoms with Gasteiger partial charge in [0.15, 0.2) is 0 Å². The summed E-state index contributed by atoms with van der Waals surface area (Å²) in [5.41, 5.74) is 1.89. The van der Waals surface area contributed by atoms with Gasteiger partial charge < -0.3 is 20.5 Å². The first-order valence-electron chi connectivity index (χ1n) is 8.55. The lowest BCUT2D eigenvalue weighted by molar-refractivity contribution is 0.166. The van der Waals surface area contributed by atoms with E-state index < -0.39 is 6.10 Å². The highest BCUT2D eigenvalue weighted by Gasteiger charge is 2.13. The summed E-state index contributed by atoms with van der Waals surface area (Å²) in [6.07, 6.45) is 0.674. The standard InChI is InChI=1S/C20H26N2O3/c1-3-18(15-9-11-17(25-2)12-10-15)22-20(24)21-14-13-19(23)16-7-5-4-6-8-16/h4-12,18-19,23H,3,13-14H2,1-2H3,(H2,21,22,24). The number of hydrogen-bond acceptors (Lipinski definition) is 3. The molecule has 0 aliphatic rings. The van der Waals surface area contributed by atoms with Crippen LogP contribution in [0.4, 0.5) is 4.79 Å². The number of aliphatic hydroxyl groups excluding tert-OH is 1. The Bertz CT molecular complexity index is 644. The molecule has 2 rings (SSSR count). The molecule has 2 aromatic carbocycles. The predicted octanol–water partition coefficient (Wildman–Crippen LogP) is 3.57. The molecule has 0 aliphatic carbocycles. The van der Waals surface area contributed by atoms with E-state index in [4.69, 9.17) is 4.74 Å². The number of amides is 2. The SMILES string of the molecule is CCC(NC(=O)NCCC(O)c1ccccc1)c1ccc(OC)cc1. The topological polar surface area (TPSA) is 70.6 Å². The van der Waals surface area contributed by atoms with Gasteiger partial charge >= 0.3 is 6.03 Å². The zero-order chi connectivity index (χ0) is 18.1. The third kappa shape index (κ3) is 5.80. The van der Waals surface area contributed by atoms with E-state index in [0.717, 1.165) is 23.3 Å². The van der Waals surface area contributed by atoms with Crippen LogP contribution in [0.15, 0.2) is 54.6 Å². The van der Waals surface area contributed by atoms with Crippen LogP contribution in [0.1, 0.15) is 43.0 Å². The molecular weight excluding hydrogens is 316 g/mol. The number of nitrogens with one attached hydrogen (secondary N) is 2. The second-order valence-corrected chi connectivity index (χ2v) is 5.85. The third-order valence-electron chi connectivity index (χ3n) is 4.12. The maximum absolute atomic E-state index is 12.1. The van der Waals surface area contributed by atoms with Gasteiger partial charge in [0.25, 0.3) is 0 Å². The molecular formula is C20H26N2O3. The summed E-state index contributed by atoms with van der Waals surface area (Å²) >= 11 is 0. The fourth-order valence-electron chi connectivity index (χ4n) is 2.63. The van der Waals surface area contributed by atoms with E-state index >= 15 is 0 Å². The Labute approximate surface area is 149 Å². The minimum absolute atomic E-state index is 0.0649. The van der Waals surface area contributed by atoms with Crippen molar-refractivity contribution in [1.29, 1.82) is 0 Å². The molecule has 0 saturated heterocycles. The van der Waals surface area contributed by atoms with E-state index in [0.29, 0.717) is 13.0 Å². The number of aliphatic hydroxyl groups is 1. The van der Waals surface area contributed by atoms with E-state index in [1.165, 1.54) is 0 Å². The first kappa shape index (κ1) is 18.8. The summed E-state index contributed by atoms with van der Waals surface area (Å²) in [5, 5.41) is 15.9. The lowest BCUT2D eigenvalue weighted by Gasteiger charge is -2.19. The van der Waals surface area contributed by atoms with Crippen molar-refractivity contribution in [3.63, 3.8) is 0 Å². The van der Waals surface area contributed by atoms with Crippen LogP contribution in [0, 0.1) is 0 Å². The van der Waals surface area contributed by atoms with Crippen molar-refractivity contribution in [3.8, 4) is 5.75 Å². The normalized spacial score (nSPS) is 12.9. The fourth-order valence-corrected chi connectivity index (χ4v) is 2.63. The molecule has 5 nitrogen and oxygen atoms in total. The number of ether oxygens (including phenoxy) is 1. The quantitative estimate of drug-likeness (QED) is 0.687. The maximum Gasteiger partial charge on any atom is 0.315 e. The molecule has 0 heterocycles. The highest BCUT2D eigenvalue weighted by atomic mass is 16.5. The Morgan fingerprint density at radius 1 is 1.08 bits per heavy atom. The number of hydrogen-bond donors (Lipinski definition) is 3. The van der Waals surface area contributed by atoms with Gasteiger partial charge in [0, 0.05) is 6.54 Å². The first-order chi connectivity index (χ1) is 12.1. The van der Waals surface area contributed by atoms with E-state index in [-0.39, 0.29) is 12.1 Å². The van der Waals surface area contributed by atoms with Crippen molar-refractivity contribution in [2.24, 2.45) is 0 Å². The van der Waals surface area contributed by atoms with E-state index in [9.17, 15) is 9.90 Å². The molecule has 0 saturated carbocycles. The van der Waals surface area contributed by atoms with Crippen LogP contribution >= 0.6 is 0 Å². The number of urea groups is 1. The van der Waals surface area contributed by atoms with Crippen molar-refractivity contribution < 1.29 is 14.6 Å². The smallest absolute Gasteiger partial charge is 0.315 e. The van der Waals surface area contributed by atoms with Crippen LogP contribution in [-0.4, -0.2) is 24.8 Å². The Hall–Kier alpha value is -2.53. The number of benzene rings is 2. The molecule has 0 aliphatic heterocycles. The van der Waals surface area contributed by atoms with Crippen LogP contribution in [0.5, 0.6) is 5.75 Å². The van der Waals surface area contributed by atoms with Gasteiger partial charge in [0.05, 0.1) is 19.3 Å². The van der Waals surface area contributed by atoms with Crippen molar-refractivity contribution in [3.05, 3.63) is 65.7 Å². The zero-order valence-corrected chi connectivity index (χ0v) is 14.7. The summed E-state index contributed by atoms with van der Waals surface area (Å²) in [7, 11) is 1.63. The zero-order valence-electron chi connectivity index (χ0n) is 14.7. The highest BCUT2D eigenvalue weighted by molar-refractivity contribution is 5.74. The van der Waals surface area contributed by atoms with Gasteiger partial charge in [-0.25, -0.2) is 4.79 Å². The molecule has 0 fully saturated rings. The average molecular weight is 342 g/mol. The molecule has 3 N–H and O–H groups in total. The Morgan fingerprint density at radius 2 is 1.76 bits per heavy atom. The van der Waals surface area contributed by atoms with Crippen LogP contribution in [0.2, 0.25) is 0 Å². The Balaban J connectivity index is 1.79. The van der Waals surface area contributed by atoms with Crippen LogP contribution in [0.25, 0.3) is 0 Å². The molecule has 5 heteroatoms. The van der Waals surface area contributed by atoms with Crippen molar-refractivity contribution in [1.82, 2.24) is 10.6 Å². The minimum atomic E-state index is -0.579. The van der Waals surface area contributed by atoms with Gasteiger partial charge in [-0.05, 0) is 36.1 Å². The van der Waals surface area contributed by atoms with Gasteiger partial charge in [-0.2, -0.15) is 0 Å². The highest BCUT2D eigenvalue weighted by Crippen LogP contribution is 2.20. The second kappa shape index (κ2) is 9.69.